The molecule has 0 radical (unpaired) electrons. The monoisotopic (exact) mass is 305 g/mol. The summed E-state index contributed by atoms with van der Waals surface area (Å²) in [7, 11) is 0. The number of carbonyl (C=O) groups is 2. The van der Waals surface area contributed by atoms with Crippen LogP contribution < -0.4 is 15.4 Å². The zero-order valence-corrected chi connectivity index (χ0v) is 13.3. The summed E-state index contributed by atoms with van der Waals surface area (Å²) >= 11 is 0. The molecule has 0 unspecified atom stereocenters. The van der Waals surface area contributed by atoms with E-state index in [1.807, 2.05) is 32.9 Å². The van der Waals surface area contributed by atoms with Crippen molar-refractivity contribution in [2.24, 2.45) is 5.92 Å². The highest BCUT2D eigenvalue weighted by Crippen LogP contribution is 2.27. The predicted octanol–water partition coefficient (Wildman–Crippen LogP) is 2.21. The number of carbonyl (C=O) groups excluding carboxylic acids is 2. The lowest BCUT2D eigenvalue weighted by molar-refractivity contribution is -0.135. The number of ether oxygens (including phenoxy) is 1. The smallest absolute Gasteiger partial charge is 0.319 e. The number of fused-ring (bicyclic) bond motifs is 1. The lowest BCUT2D eigenvalue weighted by atomic mass is 10.1. The topological polar surface area (TPSA) is 70.7 Å². The van der Waals surface area contributed by atoms with Crippen LogP contribution >= 0.6 is 0 Å². The molecule has 120 valence electrons. The first-order valence-electron chi connectivity index (χ1n) is 7.60. The lowest BCUT2D eigenvalue weighted by Gasteiger charge is -2.22. The Morgan fingerprint density at radius 1 is 1.36 bits per heavy atom. The zero-order chi connectivity index (χ0) is 16.1. The maximum atomic E-state index is 12.2. The molecule has 1 heterocycles. The summed E-state index contributed by atoms with van der Waals surface area (Å²) in [6.07, 6.45) is 0. The first-order valence-corrected chi connectivity index (χ1v) is 7.60. The third-order valence-electron chi connectivity index (χ3n) is 3.44. The Bertz CT molecular complexity index is 558. The van der Waals surface area contributed by atoms with Gasteiger partial charge < -0.3 is 20.3 Å². The van der Waals surface area contributed by atoms with Gasteiger partial charge in [-0.15, -0.1) is 0 Å². The van der Waals surface area contributed by atoms with E-state index in [4.69, 9.17) is 4.74 Å². The number of nitrogens with zero attached hydrogens (tertiary/aromatic N) is 1. The number of nitrogens with one attached hydrogen (secondary N) is 2. The maximum Gasteiger partial charge on any atom is 0.319 e. The van der Waals surface area contributed by atoms with Crippen LogP contribution in [0, 0.1) is 5.92 Å². The van der Waals surface area contributed by atoms with Gasteiger partial charge in [-0.1, -0.05) is 13.8 Å². The van der Waals surface area contributed by atoms with Crippen LogP contribution in [0.15, 0.2) is 18.2 Å². The molecule has 6 heteroatoms. The molecule has 0 aliphatic carbocycles. The van der Waals surface area contributed by atoms with Crippen molar-refractivity contribution < 1.29 is 14.3 Å². The summed E-state index contributed by atoms with van der Waals surface area (Å²) in [5.41, 5.74) is 1.59. The van der Waals surface area contributed by atoms with E-state index in [-0.39, 0.29) is 17.9 Å². The van der Waals surface area contributed by atoms with Crippen LogP contribution in [0.4, 0.5) is 10.5 Å². The molecular formula is C16H23N3O3. The molecule has 6 nitrogen and oxygen atoms in total. The normalized spacial score (nSPS) is 13.9. The molecule has 2 N–H and O–H groups in total. The first kappa shape index (κ1) is 16.1. The fraction of sp³-hybridized carbons (Fsp3) is 0.500. The fourth-order valence-corrected chi connectivity index (χ4v) is 2.36. The van der Waals surface area contributed by atoms with Gasteiger partial charge in [-0.3, -0.25) is 4.79 Å². The van der Waals surface area contributed by atoms with Crippen molar-refractivity contribution in [1.82, 2.24) is 10.2 Å². The molecule has 2 rings (SSSR count). The largest absolute Gasteiger partial charge is 0.491 e. The molecule has 0 saturated heterocycles. The van der Waals surface area contributed by atoms with Gasteiger partial charge in [0, 0.05) is 30.3 Å². The standard InChI is InChI=1S/C16H23N3O3/c1-4-17-16(21)18-13-5-6-14-12(9-13)10-19(7-8-22-14)15(20)11(2)3/h5-6,9,11H,4,7-8,10H2,1-3H3,(H2,17,18,21). The van der Waals surface area contributed by atoms with Crippen molar-refractivity contribution in [3.05, 3.63) is 23.8 Å². The Morgan fingerprint density at radius 3 is 2.82 bits per heavy atom. The second kappa shape index (κ2) is 7.15. The van der Waals surface area contributed by atoms with Crippen molar-refractivity contribution in [3.63, 3.8) is 0 Å². The molecule has 1 aliphatic heterocycles. The minimum Gasteiger partial charge on any atom is -0.491 e. The molecular weight excluding hydrogens is 282 g/mol. The van der Waals surface area contributed by atoms with Gasteiger partial charge in [0.25, 0.3) is 0 Å². The predicted molar refractivity (Wildman–Crippen MR) is 84.9 cm³/mol. The molecule has 1 aromatic carbocycles. The molecule has 0 saturated carbocycles. The quantitative estimate of drug-likeness (QED) is 0.899. The lowest BCUT2D eigenvalue weighted by Crippen LogP contribution is -2.35. The van der Waals surface area contributed by atoms with Gasteiger partial charge in [0.2, 0.25) is 5.91 Å². The van der Waals surface area contributed by atoms with Crippen LogP contribution in [-0.4, -0.2) is 36.5 Å². The van der Waals surface area contributed by atoms with Crippen LogP contribution in [0.25, 0.3) is 0 Å². The number of urea groups is 1. The van der Waals surface area contributed by atoms with E-state index >= 15 is 0 Å². The van der Waals surface area contributed by atoms with E-state index in [0.717, 1.165) is 11.3 Å². The van der Waals surface area contributed by atoms with Crippen molar-refractivity contribution in [1.29, 1.82) is 0 Å². The van der Waals surface area contributed by atoms with E-state index in [2.05, 4.69) is 10.6 Å². The number of anilines is 1. The van der Waals surface area contributed by atoms with Gasteiger partial charge in [0.15, 0.2) is 0 Å². The molecule has 3 amide bonds. The first-order chi connectivity index (χ1) is 10.5. The van der Waals surface area contributed by atoms with Gasteiger partial charge in [0.1, 0.15) is 12.4 Å². The highest BCUT2D eigenvalue weighted by molar-refractivity contribution is 5.89. The highest BCUT2D eigenvalue weighted by Gasteiger charge is 2.22. The Labute approximate surface area is 130 Å². The third-order valence-corrected chi connectivity index (χ3v) is 3.44. The summed E-state index contributed by atoms with van der Waals surface area (Å²) in [5, 5.41) is 5.45. The van der Waals surface area contributed by atoms with Crippen LogP contribution in [0.5, 0.6) is 5.75 Å². The third kappa shape index (κ3) is 3.90. The van der Waals surface area contributed by atoms with Crippen molar-refractivity contribution in [2.45, 2.75) is 27.3 Å². The summed E-state index contributed by atoms with van der Waals surface area (Å²) in [6.45, 7) is 7.76. The van der Waals surface area contributed by atoms with Crippen LogP contribution in [0.2, 0.25) is 0 Å². The number of amides is 3. The zero-order valence-electron chi connectivity index (χ0n) is 13.3. The molecule has 0 spiro atoms. The number of hydrogen-bond donors (Lipinski definition) is 2. The van der Waals surface area contributed by atoms with Crippen LogP contribution in [-0.2, 0) is 11.3 Å². The summed E-state index contributed by atoms with van der Waals surface area (Å²) in [4.78, 5) is 25.6. The Balaban J connectivity index is 2.16. The van der Waals surface area contributed by atoms with Gasteiger partial charge >= 0.3 is 6.03 Å². The summed E-state index contributed by atoms with van der Waals surface area (Å²) < 4.78 is 5.69. The summed E-state index contributed by atoms with van der Waals surface area (Å²) in [5.74, 6) is 0.831. The average molecular weight is 305 g/mol. The molecule has 22 heavy (non-hydrogen) atoms. The summed E-state index contributed by atoms with van der Waals surface area (Å²) in [6, 6.07) is 5.25. The molecule has 1 aromatic rings. The van der Waals surface area contributed by atoms with Gasteiger partial charge in [-0.05, 0) is 25.1 Å². The minimum atomic E-state index is -0.243. The van der Waals surface area contributed by atoms with Gasteiger partial charge in [0.05, 0.1) is 6.54 Å². The van der Waals surface area contributed by atoms with E-state index < -0.39 is 0 Å². The molecule has 0 atom stereocenters. The van der Waals surface area contributed by atoms with E-state index in [1.54, 1.807) is 11.0 Å². The SMILES string of the molecule is CCNC(=O)Nc1ccc2c(c1)CN(C(=O)C(C)C)CCO2. The van der Waals surface area contributed by atoms with Crippen LogP contribution in [0.3, 0.4) is 0 Å². The molecule has 0 bridgehead atoms. The molecule has 0 fully saturated rings. The van der Waals surface area contributed by atoms with E-state index in [1.165, 1.54) is 0 Å². The van der Waals surface area contributed by atoms with Gasteiger partial charge in [-0.25, -0.2) is 4.79 Å². The Hall–Kier alpha value is -2.24. The highest BCUT2D eigenvalue weighted by atomic mass is 16.5. The van der Waals surface area contributed by atoms with Gasteiger partial charge in [-0.2, -0.15) is 0 Å². The van der Waals surface area contributed by atoms with Crippen molar-refractivity contribution >= 4 is 17.6 Å². The minimum absolute atomic E-state index is 0.0433. The molecule has 1 aliphatic rings. The average Bonchev–Trinajstić information content (AvgIpc) is 2.68. The van der Waals surface area contributed by atoms with Crippen molar-refractivity contribution in [3.8, 4) is 5.75 Å². The molecule has 0 aromatic heterocycles. The number of hydrogen-bond acceptors (Lipinski definition) is 3. The fourth-order valence-electron chi connectivity index (χ4n) is 2.36. The van der Waals surface area contributed by atoms with Crippen LogP contribution in [0.1, 0.15) is 26.3 Å². The van der Waals surface area contributed by atoms with Crippen molar-refractivity contribution in [2.75, 3.05) is 25.0 Å². The van der Waals surface area contributed by atoms with E-state index in [0.29, 0.717) is 31.9 Å². The number of benzene rings is 1. The number of rotatable bonds is 3. The second-order valence-corrected chi connectivity index (χ2v) is 5.57. The Morgan fingerprint density at radius 2 is 2.14 bits per heavy atom. The Kier molecular flexibility index (Phi) is 5.25. The van der Waals surface area contributed by atoms with E-state index in [9.17, 15) is 9.59 Å². The maximum absolute atomic E-state index is 12.2. The second-order valence-electron chi connectivity index (χ2n) is 5.57.